The van der Waals surface area contributed by atoms with Crippen LogP contribution in [0.25, 0.3) is 16.9 Å². The molecule has 4 aromatic rings. The van der Waals surface area contributed by atoms with Crippen LogP contribution in [0.4, 0.5) is 10.1 Å². The first-order valence-corrected chi connectivity index (χ1v) is 12.1. The third-order valence-electron chi connectivity index (χ3n) is 6.10. The molecule has 0 fully saturated rings. The number of anilines is 1. The zero-order chi connectivity index (χ0) is 25.5. The molecule has 1 aromatic heterocycles. The Morgan fingerprint density at radius 2 is 1.58 bits per heavy atom. The number of nitrogens with zero attached hydrogens (tertiary/aromatic N) is 1. The van der Waals surface area contributed by atoms with Crippen LogP contribution in [0.2, 0.25) is 0 Å². The molecular formula is C30H30FN3O2. The number of aryl methyl sites for hydroxylation is 1. The number of hydrogen-bond donors (Lipinski definition) is 2. The fraction of sp³-hybridized carbons (Fsp3) is 0.200. The second kappa shape index (κ2) is 11.5. The molecule has 0 radical (unpaired) electrons. The maximum Gasteiger partial charge on any atom is 0.221 e. The molecule has 0 aliphatic rings. The zero-order valence-corrected chi connectivity index (χ0v) is 20.5. The Morgan fingerprint density at radius 1 is 0.889 bits per heavy atom. The van der Waals surface area contributed by atoms with Crippen molar-refractivity contribution >= 4 is 17.5 Å². The van der Waals surface area contributed by atoms with Crippen LogP contribution in [0.15, 0.2) is 91.0 Å². The summed E-state index contributed by atoms with van der Waals surface area (Å²) in [7, 11) is 0. The lowest BCUT2D eigenvalue weighted by Gasteiger charge is -2.18. The largest absolute Gasteiger partial charge is 0.349 e. The Bertz CT molecular complexity index is 1310. The molecule has 6 heteroatoms. The van der Waals surface area contributed by atoms with Gasteiger partial charge in [0, 0.05) is 30.4 Å². The molecule has 184 valence electrons. The minimum atomic E-state index is -0.294. The normalized spacial score (nSPS) is 11.6. The zero-order valence-electron chi connectivity index (χ0n) is 20.5. The van der Waals surface area contributed by atoms with E-state index in [0.717, 1.165) is 34.6 Å². The predicted octanol–water partition coefficient (Wildman–Crippen LogP) is 6.44. The highest BCUT2D eigenvalue weighted by Crippen LogP contribution is 2.28. The van der Waals surface area contributed by atoms with Gasteiger partial charge in [-0.25, -0.2) is 4.39 Å². The van der Waals surface area contributed by atoms with Crippen LogP contribution >= 0.6 is 0 Å². The van der Waals surface area contributed by atoms with Crippen molar-refractivity contribution in [3.8, 4) is 16.9 Å². The molecule has 0 bridgehead atoms. The molecule has 0 aliphatic carbocycles. The van der Waals surface area contributed by atoms with Gasteiger partial charge in [0.1, 0.15) is 5.82 Å². The molecule has 0 spiro atoms. The van der Waals surface area contributed by atoms with Crippen LogP contribution in [-0.2, 0) is 16.0 Å². The maximum atomic E-state index is 13.6. The van der Waals surface area contributed by atoms with Crippen LogP contribution in [-0.4, -0.2) is 16.4 Å². The van der Waals surface area contributed by atoms with Gasteiger partial charge in [0.25, 0.3) is 0 Å². The summed E-state index contributed by atoms with van der Waals surface area (Å²) in [5.41, 5.74) is 5.41. The Morgan fingerprint density at radius 3 is 2.22 bits per heavy atom. The average Bonchev–Trinajstić information content (AvgIpc) is 3.31. The lowest BCUT2D eigenvalue weighted by molar-refractivity contribution is -0.121. The third-order valence-corrected chi connectivity index (χ3v) is 6.10. The van der Waals surface area contributed by atoms with Gasteiger partial charge < -0.3 is 15.2 Å². The van der Waals surface area contributed by atoms with Gasteiger partial charge in [-0.05, 0) is 84.6 Å². The van der Waals surface area contributed by atoms with E-state index in [1.165, 1.54) is 19.1 Å². The lowest BCUT2D eigenvalue weighted by Crippen LogP contribution is -2.28. The van der Waals surface area contributed by atoms with Crippen molar-refractivity contribution in [2.75, 3.05) is 5.32 Å². The Kier molecular flexibility index (Phi) is 7.95. The van der Waals surface area contributed by atoms with Crippen LogP contribution < -0.4 is 10.6 Å². The van der Waals surface area contributed by atoms with E-state index in [-0.39, 0.29) is 23.7 Å². The number of rotatable bonds is 9. The Labute approximate surface area is 211 Å². The fourth-order valence-corrected chi connectivity index (χ4v) is 4.34. The van der Waals surface area contributed by atoms with E-state index in [1.54, 1.807) is 12.1 Å². The van der Waals surface area contributed by atoms with Crippen molar-refractivity contribution in [2.24, 2.45) is 0 Å². The topological polar surface area (TPSA) is 63.1 Å². The average molecular weight is 484 g/mol. The molecule has 0 saturated heterocycles. The number of carbonyl (C=O) groups excluding carboxylic acids is 2. The number of halogens is 1. The molecule has 0 unspecified atom stereocenters. The van der Waals surface area contributed by atoms with Crippen LogP contribution in [0.1, 0.15) is 44.0 Å². The molecule has 0 aliphatic heterocycles. The van der Waals surface area contributed by atoms with Gasteiger partial charge >= 0.3 is 0 Å². The molecule has 2 N–H and O–H groups in total. The minimum Gasteiger partial charge on any atom is -0.349 e. The summed E-state index contributed by atoms with van der Waals surface area (Å²) in [6, 6.07) is 27.8. The van der Waals surface area contributed by atoms with Crippen molar-refractivity contribution in [2.45, 2.75) is 39.2 Å². The predicted molar refractivity (Wildman–Crippen MR) is 141 cm³/mol. The van der Waals surface area contributed by atoms with Gasteiger partial charge in [-0.3, -0.25) is 9.59 Å². The highest BCUT2D eigenvalue weighted by Gasteiger charge is 2.16. The first-order chi connectivity index (χ1) is 17.4. The quantitative estimate of drug-likeness (QED) is 0.288. The van der Waals surface area contributed by atoms with Crippen molar-refractivity contribution in [1.82, 2.24) is 9.88 Å². The number of hydrogen-bond acceptors (Lipinski definition) is 2. The summed E-state index contributed by atoms with van der Waals surface area (Å²) in [5, 5.41) is 5.93. The summed E-state index contributed by atoms with van der Waals surface area (Å²) in [4.78, 5) is 24.3. The molecule has 3 aromatic carbocycles. The van der Waals surface area contributed by atoms with E-state index in [9.17, 15) is 14.0 Å². The molecule has 4 rings (SSSR count). The number of benzene rings is 3. The van der Waals surface area contributed by atoms with Gasteiger partial charge in [0.2, 0.25) is 11.8 Å². The summed E-state index contributed by atoms with van der Waals surface area (Å²) in [6.07, 6.45) is 1.67. The maximum absolute atomic E-state index is 13.6. The van der Waals surface area contributed by atoms with Gasteiger partial charge in [-0.1, -0.05) is 37.3 Å². The molecule has 2 amide bonds. The molecule has 1 atom stereocenters. The van der Waals surface area contributed by atoms with Gasteiger partial charge in [0.05, 0.1) is 11.7 Å². The summed E-state index contributed by atoms with van der Waals surface area (Å²) < 4.78 is 15.6. The molecular weight excluding hydrogens is 453 g/mol. The Balaban J connectivity index is 1.58. The first kappa shape index (κ1) is 24.9. The van der Waals surface area contributed by atoms with Crippen LogP contribution in [0.5, 0.6) is 0 Å². The van der Waals surface area contributed by atoms with Gasteiger partial charge in [-0.2, -0.15) is 0 Å². The molecule has 0 saturated carbocycles. The standard InChI is InChI=1S/C30H30FN3O2/c1-3-28(22-7-5-4-6-8-22)33-30(36)20-18-27-17-19-29(23-9-11-24(31)12-10-23)34(27)26-15-13-25(14-16-26)32-21(2)35/h4-17,19,28H,3,18,20H2,1-2H3,(H,32,35)(H,33,36)/t28-/m1/s1. The molecule has 36 heavy (non-hydrogen) atoms. The summed E-state index contributed by atoms with van der Waals surface area (Å²) >= 11 is 0. The van der Waals surface area contributed by atoms with E-state index in [4.69, 9.17) is 0 Å². The van der Waals surface area contributed by atoms with E-state index in [1.807, 2.05) is 66.7 Å². The third kappa shape index (κ3) is 6.08. The second-order valence-corrected chi connectivity index (χ2v) is 8.72. The van der Waals surface area contributed by atoms with Crippen LogP contribution in [0, 0.1) is 5.82 Å². The number of nitrogens with one attached hydrogen (secondary N) is 2. The monoisotopic (exact) mass is 483 g/mol. The van der Waals surface area contributed by atoms with E-state index >= 15 is 0 Å². The minimum absolute atomic E-state index is 0.0113. The molecule has 5 nitrogen and oxygen atoms in total. The number of carbonyl (C=O) groups is 2. The number of amides is 2. The van der Waals surface area contributed by atoms with Gasteiger partial charge in [-0.15, -0.1) is 0 Å². The summed E-state index contributed by atoms with van der Waals surface area (Å²) in [6.45, 7) is 3.53. The first-order valence-electron chi connectivity index (χ1n) is 12.1. The SMILES string of the molecule is CC[C@@H](NC(=O)CCc1ccc(-c2ccc(F)cc2)n1-c1ccc(NC(C)=O)cc1)c1ccccc1. The van der Waals surface area contributed by atoms with Crippen molar-refractivity contribution in [3.63, 3.8) is 0 Å². The van der Waals surface area contributed by atoms with E-state index in [2.05, 4.69) is 22.1 Å². The van der Waals surface area contributed by atoms with E-state index in [0.29, 0.717) is 18.5 Å². The van der Waals surface area contributed by atoms with Crippen LogP contribution in [0.3, 0.4) is 0 Å². The van der Waals surface area contributed by atoms with Gasteiger partial charge in [0.15, 0.2) is 0 Å². The smallest absolute Gasteiger partial charge is 0.221 e. The highest BCUT2D eigenvalue weighted by atomic mass is 19.1. The fourth-order valence-electron chi connectivity index (χ4n) is 4.34. The van der Waals surface area contributed by atoms with Crippen molar-refractivity contribution in [3.05, 3.63) is 108 Å². The summed E-state index contributed by atoms with van der Waals surface area (Å²) in [5.74, 6) is -0.441. The Hall–Kier alpha value is -4.19. The number of aromatic nitrogens is 1. The van der Waals surface area contributed by atoms with Crippen molar-refractivity contribution in [1.29, 1.82) is 0 Å². The highest BCUT2D eigenvalue weighted by molar-refractivity contribution is 5.88. The van der Waals surface area contributed by atoms with E-state index < -0.39 is 0 Å². The second-order valence-electron chi connectivity index (χ2n) is 8.72. The lowest BCUT2D eigenvalue weighted by atomic mass is 10.0. The van der Waals surface area contributed by atoms with Crippen molar-refractivity contribution < 1.29 is 14.0 Å². The molecule has 1 heterocycles.